The third-order valence-electron chi connectivity index (χ3n) is 5.51. The Morgan fingerprint density at radius 1 is 1.08 bits per heavy atom. The number of hydrogen-bond donors (Lipinski definition) is 0. The lowest BCUT2D eigenvalue weighted by atomic mass is 9.77. The summed E-state index contributed by atoms with van der Waals surface area (Å²) in [4.78, 5) is 10.8. The van der Waals surface area contributed by atoms with E-state index < -0.39 is 5.60 Å². The Balaban J connectivity index is 1.57. The van der Waals surface area contributed by atoms with E-state index in [-0.39, 0.29) is 5.82 Å². The van der Waals surface area contributed by atoms with Crippen molar-refractivity contribution in [1.82, 2.24) is 4.98 Å². The molecular formula is C22H19FN2O. The maximum absolute atomic E-state index is 13.7. The molecule has 1 aliphatic heterocycles. The van der Waals surface area contributed by atoms with Crippen LogP contribution in [-0.4, -0.2) is 10.7 Å². The molecule has 5 rings (SSSR count). The van der Waals surface area contributed by atoms with E-state index in [0.29, 0.717) is 0 Å². The highest BCUT2D eigenvalue weighted by Gasteiger charge is 2.45. The van der Waals surface area contributed by atoms with Crippen molar-refractivity contribution in [2.75, 3.05) is 0 Å². The van der Waals surface area contributed by atoms with Crippen molar-refractivity contribution in [2.24, 2.45) is 5.16 Å². The summed E-state index contributed by atoms with van der Waals surface area (Å²) < 4.78 is 13.7. The minimum Gasteiger partial charge on any atom is -0.384 e. The van der Waals surface area contributed by atoms with Crippen LogP contribution in [0, 0.1) is 12.7 Å². The van der Waals surface area contributed by atoms with E-state index in [1.807, 2.05) is 6.07 Å². The molecule has 0 saturated heterocycles. The zero-order chi connectivity index (χ0) is 17.7. The number of aryl methyl sites for hydroxylation is 2. The van der Waals surface area contributed by atoms with Crippen LogP contribution in [0.1, 0.15) is 41.6 Å². The molecule has 1 atom stereocenters. The Morgan fingerprint density at radius 2 is 1.92 bits per heavy atom. The number of hydrogen-bond acceptors (Lipinski definition) is 3. The Kier molecular flexibility index (Phi) is 3.36. The van der Waals surface area contributed by atoms with E-state index in [9.17, 15) is 4.39 Å². The molecule has 0 amide bonds. The molecule has 130 valence electrons. The highest BCUT2D eigenvalue weighted by atomic mass is 19.1. The van der Waals surface area contributed by atoms with Gasteiger partial charge >= 0.3 is 0 Å². The van der Waals surface area contributed by atoms with E-state index in [4.69, 9.17) is 9.82 Å². The van der Waals surface area contributed by atoms with Crippen LogP contribution in [0.5, 0.6) is 0 Å². The van der Waals surface area contributed by atoms with Gasteiger partial charge in [0.15, 0.2) is 5.60 Å². The van der Waals surface area contributed by atoms with Gasteiger partial charge in [0.1, 0.15) is 5.82 Å². The normalized spacial score (nSPS) is 21.5. The van der Waals surface area contributed by atoms with Crippen molar-refractivity contribution in [3.63, 3.8) is 0 Å². The van der Waals surface area contributed by atoms with Crippen molar-refractivity contribution in [3.8, 4) is 0 Å². The number of benzene rings is 2. The average molecular weight is 346 g/mol. The summed E-state index contributed by atoms with van der Waals surface area (Å²) in [7, 11) is 0. The zero-order valence-electron chi connectivity index (χ0n) is 14.6. The molecule has 0 unspecified atom stereocenters. The first kappa shape index (κ1) is 15.5. The van der Waals surface area contributed by atoms with Crippen molar-refractivity contribution in [2.45, 2.75) is 38.2 Å². The first-order chi connectivity index (χ1) is 12.6. The van der Waals surface area contributed by atoms with Gasteiger partial charge in [-0.05, 0) is 56.0 Å². The predicted molar refractivity (Wildman–Crippen MR) is 99.7 cm³/mol. The van der Waals surface area contributed by atoms with Gasteiger partial charge < -0.3 is 4.84 Å². The molecule has 3 aromatic rings. The van der Waals surface area contributed by atoms with E-state index in [1.165, 1.54) is 11.6 Å². The molecule has 1 aromatic heterocycles. The maximum Gasteiger partial charge on any atom is 0.170 e. The number of halogens is 1. The number of nitrogens with zero attached hydrogens (tertiary/aromatic N) is 2. The molecule has 0 N–H and O–H groups in total. The Morgan fingerprint density at radius 3 is 2.77 bits per heavy atom. The van der Waals surface area contributed by atoms with Crippen molar-refractivity contribution in [1.29, 1.82) is 0 Å². The second kappa shape index (κ2) is 5.63. The monoisotopic (exact) mass is 346 g/mol. The minimum atomic E-state index is -0.471. The summed E-state index contributed by atoms with van der Waals surface area (Å²) in [5.41, 5.74) is 5.77. The summed E-state index contributed by atoms with van der Waals surface area (Å²) in [6, 6.07) is 15.2. The number of pyridine rings is 1. The van der Waals surface area contributed by atoms with Crippen molar-refractivity contribution < 1.29 is 9.23 Å². The van der Waals surface area contributed by atoms with Crippen molar-refractivity contribution in [3.05, 3.63) is 76.7 Å². The second-order valence-electron chi connectivity index (χ2n) is 7.34. The van der Waals surface area contributed by atoms with Gasteiger partial charge in [0.2, 0.25) is 0 Å². The van der Waals surface area contributed by atoms with Crippen molar-refractivity contribution >= 4 is 16.6 Å². The van der Waals surface area contributed by atoms with Crippen LogP contribution in [0.15, 0.2) is 53.7 Å². The molecule has 0 fully saturated rings. The lowest BCUT2D eigenvalue weighted by Crippen LogP contribution is -2.31. The molecule has 3 nitrogen and oxygen atoms in total. The fourth-order valence-corrected chi connectivity index (χ4v) is 4.10. The number of oxime groups is 1. The van der Waals surface area contributed by atoms with Gasteiger partial charge in [-0.3, -0.25) is 4.98 Å². The zero-order valence-corrected chi connectivity index (χ0v) is 14.6. The van der Waals surface area contributed by atoms with Crippen LogP contribution < -0.4 is 0 Å². The Bertz CT molecular complexity index is 1040. The molecule has 2 aromatic carbocycles. The lowest BCUT2D eigenvalue weighted by molar-refractivity contribution is -0.0366. The molecule has 0 saturated carbocycles. The summed E-state index contributed by atoms with van der Waals surface area (Å²) in [5, 5.41) is 5.24. The van der Waals surface area contributed by atoms with Crippen LogP contribution in [0.4, 0.5) is 4.39 Å². The molecule has 1 aliphatic carbocycles. The van der Waals surface area contributed by atoms with E-state index in [2.05, 4.69) is 36.3 Å². The smallest absolute Gasteiger partial charge is 0.170 e. The Hall–Kier alpha value is -2.75. The third kappa shape index (κ3) is 2.40. The molecule has 26 heavy (non-hydrogen) atoms. The van der Waals surface area contributed by atoms with Gasteiger partial charge in [0, 0.05) is 23.1 Å². The molecule has 0 bridgehead atoms. The van der Waals surface area contributed by atoms with E-state index in [0.717, 1.165) is 59.1 Å². The van der Waals surface area contributed by atoms with E-state index in [1.54, 1.807) is 12.1 Å². The largest absolute Gasteiger partial charge is 0.384 e. The van der Waals surface area contributed by atoms with Gasteiger partial charge in [-0.1, -0.05) is 35.0 Å². The standard InChI is InChI=1S/C22H19FN2O/c1-14-4-6-15(7-5-14)21-13-22(26-25-21)10-2-3-20-18(22)12-16-11-17(23)8-9-19(16)24-20/h4-9,11-12H,2-3,10,13H2,1H3/t22-/m0/s1. The fourth-order valence-electron chi connectivity index (χ4n) is 4.10. The van der Waals surface area contributed by atoms with Crippen LogP contribution in [0.3, 0.4) is 0 Å². The predicted octanol–water partition coefficient (Wildman–Crippen LogP) is 5.04. The topological polar surface area (TPSA) is 34.5 Å². The fraction of sp³-hybridized carbons (Fsp3) is 0.273. The highest BCUT2D eigenvalue weighted by molar-refractivity contribution is 6.02. The third-order valence-corrected chi connectivity index (χ3v) is 5.51. The van der Waals surface area contributed by atoms with Crippen LogP contribution in [0.25, 0.3) is 10.9 Å². The molecule has 2 heterocycles. The first-order valence-electron chi connectivity index (χ1n) is 9.05. The quantitative estimate of drug-likeness (QED) is 0.619. The SMILES string of the molecule is Cc1ccc(C2=NO[C@@]3(CCCc4nc5ccc(F)cc5cc43)C2)cc1. The first-order valence-corrected chi connectivity index (χ1v) is 9.05. The number of fused-ring (bicyclic) bond motifs is 3. The van der Waals surface area contributed by atoms with Crippen LogP contribution in [0.2, 0.25) is 0 Å². The summed E-state index contributed by atoms with van der Waals surface area (Å²) in [6.07, 6.45) is 3.57. The highest BCUT2D eigenvalue weighted by Crippen LogP contribution is 2.45. The van der Waals surface area contributed by atoms with Gasteiger partial charge in [-0.15, -0.1) is 0 Å². The van der Waals surface area contributed by atoms with Gasteiger partial charge in [0.25, 0.3) is 0 Å². The average Bonchev–Trinajstić information content (AvgIpc) is 3.06. The lowest BCUT2D eigenvalue weighted by Gasteiger charge is -2.32. The van der Waals surface area contributed by atoms with Gasteiger partial charge in [-0.2, -0.15) is 0 Å². The summed E-state index contributed by atoms with van der Waals surface area (Å²) >= 11 is 0. The van der Waals surface area contributed by atoms with E-state index >= 15 is 0 Å². The minimum absolute atomic E-state index is 0.243. The Labute approximate surface area is 151 Å². The molecular weight excluding hydrogens is 327 g/mol. The molecule has 0 radical (unpaired) electrons. The van der Waals surface area contributed by atoms with Crippen LogP contribution >= 0.6 is 0 Å². The van der Waals surface area contributed by atoms with Gasteiger partial charge in [-0.25, -0.2) is 4.39 Å². The maximum atomic E-state index is 13.7. The molecule has 4 heteroatoms. The second-order valence-corrected chi connectivity index (χ2v) is 7.34. The summed E-state index contributed by atoms with van der Waals surface area (Å²) in [6.45, 7) is 2.07. The van der Waals surface area contributed by atoms with Gasteiger partial charge in [0.05, 0.1) is 11.2 Å². The number of aromatic nitrogens is 1. The van der Waals surface area contributed by atoms with Crippen LogP contribution in [-0.2, 0) is 16.9 Å². The number of rotatable bonds is 1. The summed E-state index contributed by atoms with van der Waals surface area (Å²) in [5.74, 6) is -0.243. The molecule has 2 aliphatic rings. The molecule has 1 spiro atoms.